The predicted molar refractivity (Wildman–Crippen MR) is 156 cm³/mol. The number of ether oxygens (including phenoxy) is 5. The van der Waals surface area contributed by atoms with Crippen LogP contribution in [-0.2, 0) is 57.5 Å². The highest BCUT2D eigenvalue weighted by Crippen LogP contribution is 2.27. The fraction of sp³-hybridized carbons (Fsp3) is 0.500. The molecule has 0 aromatic heterocycles. The van der Waals surface area contributed by atoms with Crippen LogP contribution in [0.3, 0.4) is 0 Å². The third-order valence-electron chi connectivity index (χ3n) is 6.64. The normalized spacial score (nSPS) is 22.3. The molecular weight excluding hydrogens is 574 g/mol. The van der Waals surface area contributed by atoms with Crippen LogP contribution < -0.4 is 5.32 Å². The first kappa shape index (κ1) is 34.5. The second kappa shape index (κ2) is 15.6. The molecule has 2 aromatic carbocycles. The fourth-order valence-corrected chi connectivity index (χ4v) is 4.61. The summed E-state index contributed by atoms with van der Waals surface area (Å²) < 4.78 is 26.9. The number of carbonyl (C=O) groups is 4. The Balaban J connectivity index is 1.70. The number of esters is 3. The molecule has 1 aliphatic heterocycles. The van der Waals surface area contributed by atoms with Gasteiger partial charge in [-0.2, -0.15) is 0 Å². The molecule has 0 bridgehead atoms. The fourth-order valence-electron chi connectivity index (χ4n) is 4.61. The van der Waals surface area contributed by atoms with Gasteiger partial charge >= 0.3 is 24.0 Å². The van der Waals surface area contributed by atoms with E-state index in [9.17, 15) is 29.4 Å². The average molecular weight is 616 g/mol. The first-order valence-electron chi connectivity index (χ1n) is 14.3. The maximum absolute atomic E-state index is 13.0. The van der Waals surface area contributed by atoms with E-state index in [-0.39, 0.29) is 26.1 Å². The van der Waals surface area contributed by atoms with Crippen LogP contribution in [0, 0.1) is 0 Å². The summed E-state index contributed by atoms with van der Waals surface area (Å²) in [4.78, 5) is 48.4. The highest BCUT2D eigenvalue weighted by Gasteiger charge is 2.46. The average Bonchev–Trinajstić information content (AvgIpc) is 2.95. The summed E-state index contributed by atoms with van der Waals surface area (Å²) in [6.07, 6.45) is -6.47. The standard InChI is InChI=1S/C32H41NO11/c1-19(34)40-18-26-29(42-20(2)35)28(37)27(36)25(43-26)16-22-13-11-21(12-14-22)15-24(33-31(39)44-32(3,4)5)30(38)41-17-23-9-7-6-8-10-23/h6-14,24-29,36-37H,15-18H2,1-5H3,(H,33,39)/t24-,25+,26+,27+,28+,29+/m0/s1. The van der Waals surface area contributed by atoms with Crippen molar-refractivity contribution in [2.45, 2.75) is 96.2 Å². The Morgan fingerprint density at radius 1 is 0.841 bits per heavy atom. The quantitative estimate of drug-likeness (QED) is 0.251. The molecule has 0 unspecified atom stereocenters. The zero-order chi connectivity index (χ0) is 32.4. The molecule has 44 heavy (non-hydrogen) atoms. The SMILES string of the molecule is CC(=O)OC[C@H]1O[C@H](Cc2ccc(C[C@H](NC(=O)OC(C)(C)C)C(=O)OCc3ccccc3)cc2)[C@@H](O)[C@@H](O)[C@@H]1OC(C)=O. The minimum Gasteiger partial charge on any atom is -0.463 e. The third kappa shape index (κ3) is 10.9. The Morgan fingerprint density at radius 2 is 1.48 bits per heavy atom. The molecule has 12 nitrogen and oxygen atoms in total. The summed E-state index contributed by atoms with van der Waals surface area (Å²) in [5.74, 6) is -1.89. The van der Waals surface area contributed by atoms with Gasteiger partial charge in [0.2, 0.25) is 0 Å². The molecule has 3 N–H and O–H groups in total. The van der Waals surface area contributed by atoms with Gasteiger partial charge in [-0.15, -0.1) is 0 Å². The van der Waals surface area contributed by atoms with Crippen molar-refractivity contribution in [1.29, 1.82) is 0 Å². The van der Waals surface area contributed by atoms with E-state index in [2.05, 4.69) is 5.32 Å². The molecule has 1 amide bonds. The van der Waals surface area contributed by atoms with Gasteiger partial charge in [-0.25, -0.2) is 9.59 Å². The van der Waals surface area contributed by atoms with Crippen LogP contribution >= 0.6 is 0 Å². The maximum Gasteiger partial charge on any atom is 0.408 e. The Hall–Kier alpha value is -4.00. The molecule has 0 radical (unpaired) electrons. The Labute approximate surface area is 256 Å². The Morgan fingerprint density at radius 3 is 2.07 bits per heavy atom. The third-order valence-corrected chi connectivity index (χ3v) is 6.64. The second-order valence-corrected chi connectivity index (χ2v) is 11.6. The molecule has 2 aromatic rings. The number of benzene rings is 2. The van der Waals surface area contributed by atoms with E-state index < -0.39 is 66.2 Å². The molecule has 1 fully saturated rings. The van der Waals surface area contributed by atoms with Gasteiger partial charge in [0.05, 0.1) is 6.10 Å². The number of aliphatic hydroxyl groups is 2. The number of carbonyl (C=O) groups excluding carboxylic acids is 4. The molecule has 240 valence electrons. The van der Waals surface area contributed by atoms with Crippen molar-refractivity contribution in [3.8, 4) is 0 Å². The molecular formula is C32H41NO11. The number of hydrogen-bond acceptors (Lipinski definition) is 11. The summed E-state index contributed by atoms with van der Waals surface area (Å²) >= 11 is 0. The van der Waals surface area contributed by atoms with Crippen LogP contribution in [0.1, 0.15) is 51.3 Å². The lowest BCUT2D eigenvalue weighted by Gasteiger charge is -2.42. The van der Waals surface area contributed by atoms with Crippen LogP contribution in [0.5, 0.6) is 0 Å². The van der Waals surface area contributed by atoms with Crippen molar-refractivity contribution >= 4 is 24.0 Å². The van der Waals surface area contributed by atoms with Gasteiger partial charge < -0.3 is 39.2 Å². The Kier molecular flexibility index (Phi) is 12.3. The minimum atomic E-state index is -1.47. The van der Waals surface area contributed by atoms with Crippen molar-refractivity contribution < 1.29 is 53.1 Å². The van der Waals surface area contributed by atoms with Gasteiger partial charge in [-0.05, 0) is 37.5 Å². The number of hydrogen-bond donors (Lipinski definition) is 3. The number of rotatable bonds is 11. The molecule has 0 spiro atoms. The monoisotopic (exact) mass is 615 g/mol. The van der Waals surface area contributed by atoms with E-state index in [1.54, 1.807) is 45.0 Å². The van der Waals surface area contributed by atoms with Gasteiger partial charge in [-0.3, -0.25) is 9.59 Å². The highest BCUT2D eigenvalue weighted by atomic mass is 16.6. The van der Waals surface area contributed by atoms with E-state index in [1.165, 1.54) is 6.92 Å². The maximum atomic E-state index is 13.0. The summed E-state index contributed by atoms with van der Waals surface area (Å²) in [7, 11) is 0. The van der Waals surface area contributed by atoms with Gasteiger partial charge in [0, 0.05) is 26.7 Å². The zero-order valence-corrected chi connectivity index (χ0v) is 25.6. The molecule has 1 aliphatic rings. The lowest BCUT2D eigenvalue weighted by molar-refractivity contribution is -0.239. The van der Waals surface area contributed by atoms with Crippen molar-refractivity contribution in [3.63, 3.8) is 0 Å². The summed E-state index contributed by atoms with van der Waals surface area (Å²) in [6.45, 7) is 7.28. The number of amides is 1. The first-order chi connectivity index (χ1) is 20.7. The largest absolute Gasteiger partial charge is 0.463 e. The zero-order valence-electron chi connectivity index (χ0n) is 25.6. The molecule has 1 heterocycles. The van der Waals surface area contributed by atoms with E-state index in [0.29, 0.717) is 5.56 Å². The van der Waals surface area contributed by atoms with Gasteiger partial charge in [0.25, 0.3) is 0 Å². The summed E-state index contributed by atoms with van der Waals surface area (Å²) in [5, 5.41) is 24.0. The van der Waals surface area contributed by atoms with Gasteiger partial charge in [0.1, 0.15) is 43.2 Å². The summed E-state index contributed by atoms with van der Waals surface area (Å²) in [6, 6.07) is 15.2. The van der Waals surface area contributed by atoms with E-state index >= 15 is 0 Å². The lowest BCUT2D eigenvalue weighted by atomic mass is 9.91. The van der Waals surface area contributed by atoms with Gasteiger partial charge in [0.15, 0.2) is 6.10 Å². The van der Waals surface area contributed by atoms with Crippen LogP contribution in [0.25, 0.3) is 0 Å². The minimum absolute atomic E-state index is 0.0391. The number of nitrogens with one attached hydrogen (secondary N) is 1. The van der Waals surface area contributed by atoms with Crippen LogP contribution in [0.15, 0.2) is 54.6 Å². The first-order valence-corrected chi connectivity index (χ1v) is 14.3. The molecule has 1 saturated heterocycles. The Bertz CT molecular complexity index is 1260. The van der Waals surface area contributed by atoms with Gasteiger partial charge in [-0.1, -0.05) is 54.6 Å². The molecule has 6 atom stereocenters. The van der Waals surface area contributed by atoms with E-state index in [1.807, 2.05) is 30.3 Å². The molecule has 12 heteroatoms. The van der Waals surface area contributed by atoms with Crippen LogP contribution in [0.4, 0.5) is 4.79 Å². The van der Waals surface area contributed by atoms with Crippen molar-refractivity contribution in [1.82, 2.24) is 5.32 Å². The van der Waals surface area contributed by atoms with Crippen LogP contribution in [-0.4, -0.2) is 83.0 Å². The summed E-state index contributed by atoms with van der Waals surface area (Å²) in [5.41, 5.74) is 1.47. The van der Waals surface area contributed by atoms with E-state index in [4.69, 9.17) is 23.7 Å². The van der Waals surface area contributed by atoms with Crippen LogP contribution in [0.2, 0.25) is 0 Å². The number of aliphatic hydroxyl groups excluding tert-OH is 2. The van der Waals surface area contributed by atoms with Crippen molar-refractivity contribution in [3.05, 3.63) is 71.3 Å². The predicted octanol–water partition coefficient (Wildman–Crippen LogP) is 2.39. The molecule has 0 saturated carbocycles. The number of alkyl carbamates (subject to hydrolysis) is 1. The highest BCUT2D eigenvalue weighted by molar-refractivity contribution is 5.81. The lowest BCUT2D eigenvalue weighted by Crippen LogP contribution is -2.60. The van der Waals surface area contributed by atoms with Crippen molar-refractivity contribution in [2.75, 3.05) is 6.61 Å². The molecule has 0 aliphatic carbocycles. The topological polar surface area (TPSA) is 167 Å². The smallest absolute Gasteiger partial charge is 0.408 e. The van der Waals surface area contributed by atoms with Crippen molar-refractivity contribution in [2.24, 2.45) is 0 Å². The molecule has 3 rings (SSSR count). The second-order valence-electron chi connectivity index (χ2n) is 11.6. The van der Waals surface area contributed by atoms with E-state index in [0.717, 1.165) is 18.1 Å².